The summed E-state index contributed by atoms with van der Waals surface area (Å²) < 4.78 is 8.47. The molecule has 33 heavy (non-hydrogen) atoms. The fraction of sp³-hybridized carbons (Fsp3) is 0.360. The molecule has 2 aromatic heterocycles. The average Bonchev–Trinajstić information content (AvgIpc) is 3.59. The Labute approximate surface area is 200 Å². The molecule has 0 aliphatic heterocycles. The number of aryl methyl sites for hydroxylation is 1. The molecule has 2 aromatic carbocycles. The zero-order valence-electron chi connectivity index (χ0n) is 18.3. The second-order valence-corrected chi connectivity index (χ2v) is 9.52. The summed E-state index contributed by atoms with van der Waals surface area (Å²) in [6, 6.07) is 13.3. The van der Waals surface area contributed by atoms with Gasteiger partial charge in [0.2, 0.25) is 11.7 Å². The minimum atomic E-state index is -0.0879. The van der Waals surface area contributed by atoms with Crippen molar-refractivity contribution >= 4 is 32.9 Å². The first-order valence-corrected chi connectivity index (χ1v) is 12.3. The number of carbonyl (C=O) groups is 1. The van der Waals surface area contributed by atoms with Crippen LogP contribution in [0.15, 0.2) is 57.8 Å². The van der Waals surface area contributed by atoms with Crippen LogP contribution in [0.3, 0.4) is 0 Å². The van der Waals surface area contributed by atoms with Gasteiger partial charge in [0.1, 0.15) is 0 Å². The predicted molar refractivity (Wildman–Crippen MR) is 130 cm³/mol. The summed E-state index contributed by atoms with van der Waals surface area (Å²) in [5, 5.41) is 7.14. The first-order valence-electron chi connectivity index (χ1n) is 11.5. The molecule has 0 bridgehead atoms. The Balaban J connectivity index is 1.20. The van der Waals surface area contributed by atoms with Gasteiger partial charge in [-0.2, -0.15) is 4.98 Å². The molecule has 0 unspecified atom stereocenters. The molecule has 1 aliphatic carbocycles. The Kier molecular flexibility index (Phi) is 6.53. The van der Waals surface area contributed by atoms with E-state index in [1.165, 1.54) is 25.7 Å². The number of aromatic nitrogens is 4. The van der Waals surface area contributed by atoms with E-state index in [-0.39, 0.29) is 5.91 Å². The number of fused-ring (bicyclic) bond motifs is 1. The minimum Gasteiger partial charge on any atom is -0.350 e. The van der Waals surface area contributed by atoms with Gasteiger partial charge >= 0.3 is 0 Å². The molecule has 1 aliphatic rings. The van der Waals surface area contributed by atoms with Gasteiger partial charge in [-0.25, -0.2) is 4.98 Å². The fourth-order valence-corrected chi connectivity index (χ4v) is 4.74. The number of hydrogen-bond donors (Lipinski definition) is 1. The molecular weight excluding hydrogens is 482 g/mol. The van der Waals surface area contributed by atoms with Crippen LogP contribution in [0.2, 0.25) is 0 Å². The van der Waals surface area contributed by atoms with Gasteiger partial charge in [0.15, 0.2) is 0 Å². The molecule has 170 valence electrons. The average molecular weight is 508 g/mol. The number of carbonyl (C=O) groups excluding carboxylic acids is 1. The van der Waals surface area contributed by atoms with Gasteiger partial charge in [-0.1, -0.05) is 46.8 Å². The lowest BCUT2D eigenvalue weighted by molar-refractivity contribution is 0.0952. The molecule has 1 N–H and O–H groups in total. The molecule has 0 saturated heterocycles. The molecule has 1 fully saturated rings. The number of halogens is 1. The number of hydrogen-bond acceptors (Lipinski definition) is 5. The van der Waals surface area contributed by atoms with Crippen LogP contribution < -0.4 is 5.32 Å². The predicted octanol–water partition coefficient (Wildman–Crippen LogP) is 5.40. The van der Waals surface area contributed by atoms with Crippen molar-refractivity contribution in [1.82, 2.24) is 25.0 Å². The Morgan fingerprint density at radius 1 is 1.15 bits per heavy atom. The maximum absolute atomic E-state index is 12.3. The number of rotatable bonds is 8. The van der Waals surface area contributed by atoms with E-state index in [2.05, 4.69) is 36.4 Å². The number of nitrogens with zero attached hydrogens (tertiary/aromatic N) is 4. The van der Waals surface area contributed by atoms with E-state index < -0.39 is 0 Å². The van der Waals surface area contributed by atoms with Gasteiger partial charge in [-0.3, -0.25) is 4.79 Å². The van der Waals surface area contributed by atoms with Crippen molar-refractivity contribution in [2.45, 2.75) is 45.1 Å². The van der Waals surface area contributed by atoms with Crippen molar-refractivity contribution in [3.63, 3.8) is 0 Å². The molecule has 0 atom stereocenters. The van der Waals surface area contributed by atoms with Crippen molar-refractivity contribution in [1.29, 1.82) is 0 Å². The smallest absolute Gasteiger partial charge is 0.251 e. The summed E-state index contributed by atoms with van der Waals surface area (Å²) in [5.74, 6) is 2.04. The van der Waals surface area contributed by atoms with Gasteiger partial charge in [-0.15, -0.1) is 0 Å². The molecule has 8 heteroatoms. The first-order chi connectivity index (χ1) is 16.2. The van der Waals surface area contributed by atoms with E-state index in [4.69, 9.17) is 4.52 Å². The zero-order valence-corrected chi connectivity index (χ0v) is 19.9. The lowest BCUT2D eigenvalue weighted by Crippen LogP contribution is -2.27. The number of imidazole rings is 1. The van der Waals surface area contributed by atoms with Crippen LogP contribution in [0.4, 0.5) is 0 Å². The normalized spacial score (nSPS) is 14.2. The third-order valence-electron chi connectivity index (χ3n) is 6.33. The largest absolute Gasteiger partial charge is 0.350 e. The minimum absolute atomic E-state index is 0.0879. The SMILES string of the molecule is O=C(NCCn1cnc2cc(-c3noc(CCC4CCCC4)n3)ccc21)c1ccc(Br)cc1. The van der Waals surface area contributed by atoms with Crippen LogP contribution >= 0.6 is 15.9 Å². The highest BCUT2D eigenvalue weighted by atomic mass is 79.9. The maximum atomic E-state index is 12.3. The van der Waals surface area contributed by atoms with Crippen molar-refractivity contribution < 1.29 is 9.32 Å². The first kappa shape index (κ1) is 21.8. The Bertz CT molecular complexity index is 1240. The summed E-state index contributed by atoms with van der Waals surface area (Å²) in [7, 11) is 0. The topological polar surface area (TPSA) is 85.8 Å². The van der Waals surface area contributed by atoms with Crippen molar-refractivity contribution in [2.75, 3.05) is 6.54 Å². The maximum Gasteiger partial charge on any atom is 0.251 e. The molecule has 1 amide bonds. The summed E-state index contributed by atoms with van der Waals surface area (Å²) >= 11 is 3.38. The molecule has 4 aromatic rings. The Morgan fingerprint density at radius 3 is 2.79 bits per heavy atom. The van der Waals surface area contributed by atoms with Gasteiger partial charge in [0.05, 0.1) is 17.4 Å². The second kappa shape index (κ2) is 9.87. The summed E-state index contributed by atoms with van der Waals surface area (Å²) in [6.07, 6.45) is 9.13. The van der Waals surface area contributed by atoms with Gasteiger partial charge < -0.3 is 14.4 Å². The van der Waals surface area contributed by atoms with Crippen molar-refractivity contribution in [3.05, 3.63) is 64.7 Å². The standard InChI is InChI=1S/C25H26BrN5O2/c26-20-9-6-18(7-10-20)25(32)27-13-14-31-16-28-21-15-19(8-11-22(21)31)24-29-23(33-30-24)12-5-17-3-1-2-4-17/h6-11,15-17H,1-5,12-14H2,(H,27,32). The van der Waals surface area contributed by atoms with E-state index in [9.17, 15) is 4.79 Å². The molecule has 2 heterocycles. The van der Waals surface area contributed by atoms with E-state index in [1.807, 2.05) is 34.9 Å². The molecule has 5 rings (SSSR count). The summed E-state index contributed by atoms with van der Waals surface area (Å²) in [6.45, 7) is 1.14. The van der Waals surface area contributed by atoms with Gasteiger partial charge in [-0.05, 0) is 54.8 Å². The number of benzene rings is 2. The van der Waals surface area contributed by atoms with Gasteiger partial charge in [0, 0.05) is 35.1 Å². The highest BCUT2D eigenvalue weighted by Crippen LogP contribution is 2.29. The van der Waals surface area contributed by atoms with Gasteiger partial charge in [0.25, 0.3) is 5.91 Å². The fourth-order valence-electron chi connectivity index (χ4n) is 4.47. The second-order valence-electron chi connectivity index (χ2n) is 8.61. The van der Waals surface area contributed by atoms with E-state index in [0.717, 1.165) is 39.8 Å². The molecular formula is C25H26BrN5O2. The van der Waals surface area contributed by atoms with Crippen molar-refractivity contribution in [2.24, 2.45) is 5.92 Å². The number of amides is 1. The molecule has 0 spiro atoms. The Morgan fingerprint density at radius 2 is 1.97 bits per heavy atom. The third kappa shape index (κ3) is 5.16. The summed E-state index contributed by atoms with van der Waals surface area (Å²) in [5.41, 5.74) is 3.40. The highest BCUT2D eigenvalue weighted by Gasteiger charge is 2.17. The van der Waals surface area contributed by atoms with Crippen LogP contribution in [0, 0.1) is 5.92 Å². The van der Waals surface area contributed by atoms with Crippen molar-refractivity contribution in [3.8, 4) is 11.4 Å². The summed E-state index contributed by atoms with van der Waals surface area (Å²) in [4.78, 5) is 21.4. The zero-order chi connectivity index (χ0) is 22.6. The molecule has 0 radical (unpaired) electrons. The van der Waals surface area contributed by atoms with E-state index in [0.29, 0.717) is 30.4 Å². The molecule has 7 nitrogen and oxygen atoms in total. The van der Waals surface area contributed by atoms with E-state index >= 15 is 0 Å². The van der Waals surface area contributed by atoms with Crippen LogP contribution in [-0.2, 0) is 13.0 Å². The number of nitrogens with one attached hydrogen (secondary N) is 1. The highest BCUT2D eigenvalue weighted by molar-refractivity contribution is 9.10. The van der Waals surface area contributed by atoms with Crippen LogP contribution in [-0.4, -0.2) is 32.1 Å². The monoisotopic (exact) mass is 507 g/mol. The third-order valence-corrected chi connectivity index (χ3v) is 6.86. The van der Waals surface area contributed by atoms with E-state index in [1.54, 1.807) is 18.5 Å². The quantitative estimate of drug-likeness (QED) is 0.345. The lowest BCUT2D eigenvalue weighted by Gasteiger charge is -2.07. The van der Waals surface area contributed by atoms with Crippen LogP contribution in [0.5, 0.6) is 0 Å². The lowest BCUT2D eigenvalue weighted by atomic mass is 10.0. The molecule has 1 saturated carbocycles. The Hall–Kier alpha value is -3.00. The van der Waals surface area contributed by atoms with Crippen LogP contribution in [0.1, 0.15) is 48.4 Å². The van der Waals surface area contributed by atoms with Crippen LogP contribution in [0.25, 0.3) is 22.4 Å².